The molecule has 2 heterocycles. The van der Waals surface area contributed by atoms with E-state index in [1.165, 1.54) is 12.0 Å². The summed E-state index contributed by atoms with van der Waals surface area (Å²) in [6.45, 7) is 5.70. The van der Waals surface area contributed by atoms with Crippen molar-refractivity contribution in [2.45, 2.75) is 25.8 Å². The molecule has 5 nitrogen and oxygen atoms in total. The van der Waals surface area contributed by atoms with Crippen LogP contribution >= 0.6 is 0 Å². The Morgan fingerprint density at radius 1 is 1.36 bits per heavy atom. The van der Waals surface area contributed by atoms with Crippen LogP contribution in [0.25, 0.3) is 0 Å². The summed E-state index contributed by atoms with van der Waals surface area (Å²) >= 11 is 0. The number of benzene rings is 1. The summed E-state index contributed by atoms with van der Waals surface area (Å²) in [6.07, 6.45) is 2.94. The van der Waals surface area contributed by atoms with Crippen LogP contribution in [0.3, 0.4) is 0 Å². The van der Waals surface area contributed by atoms with Gasteiger partial charge in [-0.15, -0.1) is 0 Å². The number of nitrogens with one attached hydrogen (secondary N) is 2. The van der Waals surface area contributed by atoms with Crippen LogP contribution in [-0.4, -0.2) is 40.7 Å². The summed E-state index contributed by atoms with van der Waals surface area (Å²) in [5.74, 6) is 1.59. The summed E-state index contributed by atoms with van der Waals surface area (Å²) in [7, 11) is 0. The third kappa shape index (κ3) is 3.47. The lowest BCUT2D eigenvalue weighted by molar-refractivity contribution is 0.486. The van der Waals surface area contributed by atoms with Crippen molar-refractivity contribution < 1.29 is 0 Å². The van der Waals surface area contributed by atoms with Gasteiger partial charge < -0.3 is 10.2 Å². The molecule has 1 aromatic carbocycles. The second-order valence-electron chi connectivity index (χ2n) is 5.59. The molecule has 0 amide bonds. The number of H-pyrrole nitrogens is 1. The topological polar surface area (TPSA) is 56.3 Å². The highest BCUT2D eigenvalue weighted by Crippen LogP contribution is 2.26. The van der Waals surface area contributed by atoms with Gasteiger partial charge in [0, 0.05) is 31.7 Å². The van der Waals surface area contributed by atoms with E-state index < -0.39 is 0 Å². The van der Waals surface area contributed by atoms with Gasteiger partial charge in [0.05, 0.1) is 12.2 Å². The number of rotatable bonds is 4. The van der Waals surface area contributed by atoms with Crippen molar-refractivity contribution in [2.24, 2.45) is 4.99 Å². The van der Waals surface area contributed by atoms with Crippen LogP contribution in [0.1, 0.15) is 30.5 Å². The van der Waals surface area contributed by atoms with E-state index in [9.17, 15) is 0 Å². The maximum atomic E-state index is 4.73. The largest absolute Gasteiger partial charge is 0.357 e. The van der Waals surface area contributed by atoms with Crippen LogP contribution in [0, 0.1) is 0 Å². The quantitative estimate of drug-likeness (QED) is 0.673. The zero-order chi connectivity index (χ0) is 15.2. The van der Waals surface area contributed by atoms with Gasteiger partial charge in [0.2, 0.25) is 0 Å². The lowest BCUT2D eigenvalue weighted by Crippen LogP contribution is -2.40. The van der Waals surface area contributed by atoms with Gasteiger partial charge in [0.25, 0.3) is 0 Å². The Labute approximate surface area is 131 Å². The molecule has 0 saturated carbocycles. The molecular weight excluding hydrogens is 274 g/mol. The number of guanidine groups is 1. The molecule has 0 bridgehead atoms. The first-order valence-corrected chi connectivity index (χ1v) is 7.93. The summed E-state index contributed by atoms with van der Waals surface area (Å²) in [5, 5.41) is 10.3. The molecule has 1 aliphatic rings. The molecule has 1 fully saturated rings. The number of aromatic nitrogens is 2. The summed E-state index contributed by atoms with van der Waals surface area (Å²) in [4.78, 5) is 7.08. The maximum absolute atomic E-state index is 4.73. The van der Waals surface area contributed by atoms with E-state index in [1.807, 2.05) is 6.07 Å². The van der Waals surface area contributed by atoms with E-state index in [4.69, 9.17) is 4.99 Å². The van der Waals surface area contributed by atoms with Crippen molar-refractivity contribution in [2.75, 3.05) is 19.6 Å². The fourth-order valence-electron chi connectivity index (χ4n) is 2.91. The fraction of sp³-hybridized carbons (Fsp3) is 0.412. The first-order chi connectivity index (χ1) is 10.9. The molecular formula is C17H23N5. The van der Waals surface area contributed by atoms with E-state index in [-0.39, 0.29) is 0 Å². The Morgan fingerprint density at radius 3 is 2.95 bits per heavy atom. The minimum atomic E-state index is 0.595. The van der Waals surface area contributed by atoms with Crippen LogP contribution in [-0.2, 0) is 6.54 Å². The van der Waals surface area contributed by atoms with Crippen LogP contribution in [0.2, 0.25) is 0 Å². The van der Waals surface area contributed by atoms with Crippen molar-refractivity contribution in [3.8, 4) is 0 Å². The highest BCUT2D eigenvalue weighted by atomic mass is 15.3. The monoisotopic (exact) mass is 297 g/mol. The number of likely N-dealkylation sites (tertiary alicyclic amines) is 1. The van der Waals surface area contributed by atoms with Gasteiger partial charge >= 0.3 is 0 Å². The van der Waals surface area contributed by atoms with E-state index in [0.29, 0.717) is 12.5 Å². The van der Waals surface area contributed by atoms with Crippen LogP contribution in [0.5, 0.6) is 0 Å². The van der Waals surface area contributed by atoms with Gasteiger partial charge in [-0.1, -0.05) is 30.3 Å². The van der Waals surface area contributed by atoms with Gasteiger partial charge in [-0.2, -0.15) is 5.10 Å². The average Bonchev–Trinajstić information content (AvgIpc) is 3.24. The minimum absolute atomic E-state index is 0.595. The van der Waals surface area contributed by atoms with Gasteiger partial charge in [-0.3, -0.25) is 5.10 Å². The molecule has 116 valence electrons. The number of nitrogens with zero attached hydrogens (tertiary/aromatic N) is 3. The van der Waals surface area contributed by atoms with E-state index in [2.05, 4.69) is 57.7 Å². The Balaban J connectivity index is 1.66. The van der Waals surface area contributed by atoms with E-state index in [0.717, 1.165) is 31.3 Å². The molecule has 1 atom stereocenters. The predicted molar refractivity (Wildman–Crippen MR) is 88.8 cm³/mol. The SMILES string of the molecule is CCNC(=NCc1ccn[nH]1)N1CCC(c2ccccc2)C1. The first kappa shape index (κ1) is 14.6. The molecule has 2 aromatic rings. The molecule has 0 radical (unpaired) electrons. The lowest BCUT2D eigenvalue weighted by atomic mass is 9.99. The Kier molecular flexibility index (Phi) is 4.73. The molecule has 1 aliphatic heterocycles. The number of aromatic amines is 1. The molecule has 0 aliphatic carbocycles. The van der Waals surface area contributed by atoms with E-state index >= 15 is 0 Å². The van der Waals surface area contributed by atoms with Gasteiger partial charge in [-0.25, -0.2) is 4.99 Å². The molecule has 2 N–H and O–H groups in total. The third-order valence-electron chi connectivity index (χ3n) is 4.05. The third-order valence-corrected chi connectivity index (χ3v) is 4.05. The van der Waals surface area contributed by atoms with Crippen LogP contribution in [0.15, 0.2) is 47.6 Å². The smallest absolute Gasteiger partial charge is 0.194 e. The number of hydrogen-bond acceptors (Lipinski definition) is 2. The molecule has 3 rings (SSSR count). The number of aliphatic imine (C=N–C) groups is 1. The van der Waals surface area contributed by atoms with Gasteiger partial charge in [0.1, 0.15) is 0 Å². The number of hydrogen-bond donors (Lipinski definition) is 2. The Morgan fingerprint density at radius 2 is 2.23 bits per heavy atom. The maximum Gasteiger partial charge on any atom is 0.194 e. The van der Waals surface area contributed by atoms with Gasteiger partial charge in [-0.05, 0) is 25.0 Å². The highest BCUT2D eigenvalue weighted by Gasteiger charge is 2.25. The van der Waals surface area contributed by atoms with E-state index in [1.54, 1.807) is 6.20 Å². The Hall–Kier alpha value is -2.30. The highest BCUT2D eigenvalue weighted by molar-refractivity contribution is 5.80. The molecule has 1 unspecified atom stereocenters. The van der Waals surface area contributed by atoms with Crippen molar-refractivity contribution in [1.82, 2.24) is 20.4 Å². The zero-order valence-corrected chi connectivity index (χ0v) is 13.0. The van der Waals surface area contributed by atoms with Crippen molar-refractivity contribution in [3.63, 3.8) is 0 Å². The second kappa shape index (κ2) is 7.11. The summed E-state index contributed by atoms with van der Waals surface area (Å²) < 4.78 is 0. The average molecular weight is 297 g/mol. The summed E-state index contributed by atoms with van der Waals surface area (Å²) in [6, 6.07) is 12.7. The molecule has 22 heavy (non-hydrogen) atoms. The van der Waals surface area contributed by atoms with Crippen LogP contribution < -0.4 is 5.32 Å². The van der Waals surface area contributed by atoms with Crippen molar-refractivity contribution in [3.05, 3.63) is 53.9 Å². The standard InChI is InChI=1S/C17H23N5/c1-2-18-17(19-12-16-8-10-20-21-16)22-11-9-15(13-22)14-6-4-3-5-7-14/h3-8,10,15H,2,9,11-13H2,1H3,(H,18,19)(H,20,21). The predicted octanol–water partition coefficient (Wildman–Crippen LogP) is 2.36. The molecule has 0 spiro atoms. The summed E-state index contributed by atoms with van der Waals surface area (Å²) in [5.41, 5.74) is 2.46. The molecule has 5 heteroatoms. The molecule has 1 saturated heterocycles. The Bertz CT molecular complexity index is 591. The molecule has 1 aromatic heterocycles. The zero-order valence-electron chi connectivity index (χ0n) is 13.0. The van der Waals surface area contributed by atoms with Crippen LogP contribution in [0.4, 0.5) is 0 Å². The van der Waals surface area contributed by atoms with Gasteiger partial charge in [0.15, 0.2) is 5.96 Å². The van der Waals surface area contributed by atoms with Crippen molar-refractivity contribution >= 4 is 5.96 Å². The normalized spacial score (nSPS) is 18.7. The lowest BCUT2D eigenvalue weighted by Gasteiger charge is -2.21. The first-order valence-electron chi connectivity index (χ1n) is 7.93. The van der Waals surface area contributed by atoms with Crippen molar-refractivity contribution in [1.29, 1.82) is 0 Å². The second-order valence-corrected chi connectivity index (χ2v) is 5.59. The fourth-order valence-corrected chi connectivity index (χ4v) is 2.91. The minimum Gasteiger partial charge on any atom is -0.357 e.